The molecule has 2 aromatic carbocycles. The number of halogens is 1. The topological polar surface area (TPSA) is 71.3 Å². The number of aromatic nitrogens is 2. The van der Waals surface area contributed by atoms with E-state index in [0.717, 1.165) is 47.2 Å². The van der Waals surface area contributed by atoms with Crippen LogP contribution in [0.3, 0.4) is 0 Å². The predicted molar refractivity (Wildman–Crippen MR) is 121 cm³/mol. The maximum absolute atomic E-state index is 13.5. The SMILES string of the molecule is CCCCCN1C(=O)NC(c2ccc(F)cc2)C(c2nc(-c3cccc(C)c3)no2)=C1C. The van der Waals surface area contributed by atoms with Gasteiger partial charge in [0, 0.05) is 17.8 Å². The van der Waals surface area contributed by atoms with Gasteiger partial charge in [-0.25, -0.2) is 9.18 Å². The lowest BCUT2D eigenvalue weighted by Crippen LogP contribution is -2.46. The number of allylic oxidation sites excluding steroid dienone is 1. The molecule has 0 radical (unpaired) electrons. The Morgan fingerprint density at radius 3 is 2.62 bits per heavy atom. The van der Waals surface area contributed by atoms with Gasteiger partial charge in [0.1, 0.15) is 5.82 Å². The average molecular weight is 435 g/mol. The number of nitrogens with one attached hydrogen (secondary N) is 1. The third-order valence-electron chi connectivity index (χ3n) is 5.72. The molecule has 1 aromatic heterocycles. The van der Waals surface area contributed by atoms with Gasteiger partial charge in [0.25, 0.3) is 5.89 Å². The van der Waals surface area contributed by atoms with Crippen LogP contribution in [-0.4, -0.2) is 27.6 Å². The van der Waals surface area contributed by atoms with Crippen molar-refractivity contribution in [1.29, 1.82) is 0 Å². The Morgan fingerprint density at radius 1 is 1.12 bits per heavy atom. The molecule has 0 bridgehead atoms. The molecular formula is C25H27FN4O2. The first-order valence-electron chi connectivity index (χ1n) is 10.9. The molecule has 1 aliphatic rings. The van der Waals surface area contributed by atoms with E-state index in [1.807, 2.05) is 38.1 Å². The van der Waals surface area contributed by atoms with Crippen LogP contribution in [0.15, 0.2) is 58.8 Å². The first-order valence-corrected chi connectivity index (χ1v) is 10.9. The fourth-order valence-electron chi connectivity index (χ4n) is 3.99. The third-order valence-corrected chi connectivity index (χ3v) is 5.72. The number of urea groups is 1. The van der Waals surface area contributed by atoms with Crippen LogP contribution in [0, 0.1) is 12.7 Å². The largest absolute Gasteiger partial charge is 0.334 e. The van der Waals surface area contributed by atoms with Crippen LogP contribution >= 0.6 is 0 Å². The zero-order valence-corrected chi connectivity index (χ0v) is 18.6. The van der Waals surface area contributed by atoms with Gasteiger partial charge in [0.05, 0.1) is 11.6 Å². The minimum atomic E-state index is -0.517. The molecule has 0 fully saturated rings. The Hall–Kier alpha value is -3.48. The molecule has 0 saturated heterocycles. The molecule has 4 rings (SSSR count). The van der Waals surface area contributed by atoms with Gasteiger partial charge in [-0.3, -0.25) is 4.90 Å². The second-order valence-corrected chi connectivity index (χ2v) is 8.08. The molecule has 0 saturated carbocycles. The molecule has 166 valence electrons. The standard InChI is InChI=1S/C25H27FN4O2/c1-4-5-6-14-30-17(3)21(22(27-25(30)31)18-10-12-20(26)13-11-18)24-28-23(29-32-24)19-9-7-8-16(2)15-19/h7-13,15,22H,4-6,14H2,1-3H3,(H,27,31). The number of carbonyl (C=O) groups excluding carboxylic acids is 1. The maximum atomic E-state index is 13.5. The summed E-state index contributed by atoms with van der Waals surface area (Å²) in [5, 5.41) is 7.23. The summed E-state index contributed by atoms with van der Waals surface area (Å²) in [6.07, 6.45) is 2.99. The predicted octanol–water partition coefficient (Wildman–Crippen LogP) is 5.87. The van der Waals surface area contributed by atoms with Crippen molar-refractivity contribution in [3.8, 4) is 11.4 Å². The lowest BCUT2D eigenvalue weighted by molar-refractivity contribution is 0.204. The van der Waals surface area contributed by atoms with E-state index in [-0.39, 0.29) is 11.8 Å². The molecule has 1 unspecified atom stereocenters. The lowest BCUT2D eigenvalue weighted by atomic mass is 9.94. The fourth-order valence-corrected chi connectivity index (χ4v) is 3.99. The van der Waals surface area contributed by atoms with E-state index < -0.39 is 6.04 Å². The summed E-state index contributed by atoms with van der Waals surface area (Å²) < 4.78 is 19.2. The Kier molecular flexibility index (Phi) is 6.35. The van der Waals surface area contributed by atoms with Crippen molar-refractivity contribution in [2.24, 2.45) is 0 Å². The summed E-state index contributed by atoms with van der Waals surface area (Å²) in [5.74, 6) is 0.490. The average Bonchev–Trinajstić information content (AvgIpc) is 3.26. The number of hydrogen-bond donors (Lipinski definition) is 1. The number of unbranched alkanes of at least 4 members (excludes halogenated alkanes) is 2. The second kappa shape index (κ2) is 9.34. The van der Waals surface area contributed by atoms with E-state index >= 15 is 0 Å². The van der Waals surface area contributed by atoms with E-state index in [1.165, 1.54) is 12.1 Å². The van der Waals surface area contributed by atoms with E-state index in [2.05, 4.69) is 22.4 Å². The number of amides is 2. The number of aryl methyl sites for hydroxylation is 1. The molecule has 2 heterocycles. The second-order valence-electron chi connectivity index (χ2n) is 8.08. The number of carbonyl (C=O) groups is 1. The van der Waals surface area contributed by atoms with Gasteiger partial charge in [0.2, 0.25) is 5.82 Å². The first-order chi connectivity index (χ1) is 15.5. The van der Waals surface area contributed by atoms with Crippen molar-refractivity contribution in [3.63, 3.8) is 0 Å². The minimum Gasteiger partial charge on any atom is -0.334 e. The molecule has 32 heavy (non-hydrogen) atoms. The quantitative estimate of drug-likeness (QED) is 0.472. The number of rotatable bonds is 7. The van der Waals surface area contributed by atoms with Gasteiger partial charge in [-0.15, -0.1) is 0 Å². The van der Waals surface area contributed by atoms with Gasteiger partial charge in [-0.1, -0.05) is 60.8 Å². The number of hydrogen-bond acceptors (Lipinski definition) is 4. The van der Waals surface area contributed by atoms with Gasteiger partial charge < -0.3 is 9.84 Å². The highest BCUT2D eigenvalue weighted by atomic mass is 19.1. The van der Waals surface area contributed by atoms with Crippen LogP contribution in [0.4, 0.5) is 9.18 Å². The number of benzene rings is 2. The van der Waals surface area contributed by atoms with Gasteiger partial charge in [-0.2, -0.15) is 4.98 Å². The number of nitrogens with zero attached hydrogens (tertiary/aromatic N) is 3. The third kappa shape index (κ3) is 4.42. The molecule has 6 nitrogen and oxygen atoms in total. The Balaban J connectivity index is 1.77. The Labute approximate surface area is 187 Å². The lowest BCUT2D eigenvalue weighted by Gasteiger charge is -2.35. The molecule has 1 N–H and O–H groups in total. The van der Waals surface area contributed by atoms with Crippen LogP contribution in [0.2, 0.25) is 0 Å². The van der Waals surface area contributed by atoms with Crippen molar-refractivity contribution in [3.05, 3.63) is 77.1 Å². The van der Waals surface area contributed by atoms with Gasteiger partial charge in [0.15, 0.2) is 0 Å². The molecule has 1 aliphatic heterocycles. The highest BCUT2D eigenvalue weighted by molar-refractivity contribution is 5.86. The highest BCUT2D eigenvalue weighted by Gasteiger charge is 2.35. The minimum absolute atomic E-state index is 0.185. The molecule has 3 aromatic rings. The van der Waals surface area contributed by atoms with E-state index in [1.54, 1.807) is 17.0 Å². The van der Waals surface area contributed by atoms with Crippen LogP contribution in [0.1, 0.15) is 56.2 Å². The molecular weight excluding hydrogens is 407 g/mol. The smallest absolute Gasteiger partial charge is 0.322 e. The van der Waals surface area contributed by atoms with E-state index in [4.69, 9.17) is 4.52 Å². The van der Waals surface area contributed by atoms with Crippen molar-refractivity contribution in [1.82, 2.24) is 20.4 Å². The summed E-state index contributed by atoms with van der Waals surface area (Å²) >= 11 is 0. The molecule has 0 aliphatic carbocycles. The zero-order chi connectivity index (χ0) is 22.7. The summed E-state index contributed by atoms with van der Waals surface area (Å²) in [7, 11) is 0. The van der Waals surface area contributed by atoms with Crippen LogP contribution < -0.4 is 5.32 Å². The molecule has 1 atom stereocenters. The van der Waals surface area contributed by atoms with Gasteiger partial charge in [-0.05, 0) is 44.0 Å². The normalized spacial score (nSPS) is 16.4. The Bertz CT molecular complexity index is 1140. The fraction of sp³-hybridized carbons (Fsp3) is 0.320. The van der Waals surface area contributed by atoms with Crippen molar-refractivity contribution in [2.45, 2.75) is 46.1 Å². The van der Waals surface area contributed by atoms with Gasteiger partial charge >= 0.3 is 6.03 Å². The summed E-state index contributed by atoms with van der Waals surface area (Å²) in [5.41, 5.74) is 4.19. The summed E-state index contributed by atoms with van der Waals surface area (Å²) in [6, 6.07) is 13.3. The van der Waals surface area contributed by atoms with Crippen LogP contribution in [-0.2, 0) is 0 Å². The summed E-state index contributed by atoms with van der Waals surface area (Å²) in [4.78, 5) is 19.3. The zero-order valence-electron chi connectivity index (χ0n) is 18.6. The van der Waals surface area contributed by atoms with Crippen molar-refractivity contribution < 1.29 is 13.7 Å². The van der Waals surface area contributed by atoms with Crippen LogP contribution in [0.5, 0.6) is 0 Å². The molecule has 0 spiro atoms. The van der Waals surface area contributed by atoms with E-state index in [9.17, 15) is 9.18 Å². The molecule has 2 amide bonds. The van der Waals surface area contributed by atoms with Crippen molar-refractivity contribution >= 4 is 11.6 Å². The first kappa shape index (κ1) is 21.7. The highest BCUT2D eigenvalue weighted by Crippen LogP contribution is 2.37. The van der Waals surface area contributed by atoms with Crippen LogP contribution in [0.25, 0.3) is 17.0 Å². The summed E-state index contributed by atoms with van der Waals surface area (Å²) in [6.45, 7) is 6.63. The van der Waals surface area contributed by atoms with Crippen molar-refractivity contribution in [2.75, 3.05) is 6.54 Å². The van der Waals surface area contributed by atoms with E-state index in [0.29, 0.717) is 18.3 Å². The maximum Gasteiger partial charge on any atom is 0.322 e. The Morgan fingerprint density at radius 2 is 1.91 bits per heavy atom. The molecule has 7 heteroatoms. The monoisotopic (exact) mass is 434 g/mol.